The van der Waals surface area contributed by atoms with Gasteiger partial charge in [-0.3, -0.25) is 0 Å². The van der Waals surface area contributed by atoms with E-state index in [0.29, 0.717) is 16.6 Å². The summed E-state index contributed by atoms with van der Waals surface area (Å²) in [4.78, 5) is 8.01. The number of nitrogen functional groups attached to an aromatic ring is 1. The van der Waals surface area contributed by atoms with Gasteiger partial charge in [-0.15, -0.1) is 18.2 Å². The summed E-state index contributed by atoms with van der Waals surface area (Å²) in [6, 6.07) is 0. The number of hydrogen-bond donors (Lipinski definition) is 4. The van der Waals surface area contributed by atoms with E-state index in [1.165, 1.54) is 11.8 Å². The topological polar surface area (TPSA) is 117 Å². The van der Waals surface area contributed by atoms with Gasteiger partial charge in [0.05, 0.1) is 28.9 Å². The van der Waals surface area contributed by atoms with Crippen molar-refractivity contribution in [2.75, 3.05) is 12.3 Å². The SMILES string of the molecule is C#Cc1cn([C@@H]2S[C@H](CO)C(O)C2O)c2nc(Cl)nc(N)c12. The van der Waals surface area contributed by atoms with Crippen molar-refractivity contribution in [2.45, 2.75) is 22.8 Å². The number of aliphatic hydroxyl groups excluding tert-OH is 3. The molecule has 2 unspecified atom stereocenters. The maximum Gasteiger partial charge on any atom is 0.226 e. The monoisotopic (exact) mass is 340 g/mol. The zero-order chi connectivity index (χ0) is 16.0. The third-order valence-electron chi connectivity index (χ3n) is 3.62. The minimum atomic E-state index is -1.08. The van der Waals surface area contributed by atoms with Crippen LogP contribution in [0, 0.1) is 12.3 Å². The normalized spacial score (nSPS) is 28.1. The molecule has 0 saturated carbocycles. The summed E-state index contributed by atoms with van der Waals surface area (Å²) in [5.74, 6) is 2.65. The molecule has 2 aromatic rings. The van der Waals surface area contributed by atoms with Crippen LogP contribution in [0.3, 0.4) is 0 Å². The minimum Gasteiger partial charge on any atom is -0.395 e. The van der Waals surface area contributed by atoms with Gasteiger partial charge in [-0.05, 0) is 11.6 Å². The highest BCUT2D eigenvalue weighted by Crippen LogP contribution is 2.44. The summed E-state index contributed by atoms with van der Waals surface area (Å²) in [5.41, 5.74) is 6.71. The van der Waals surface area contributed by atoms with E-state index in [9.17, 15) is 15.3 Å². The van der Waals surface area contributed by atoms with Crippen molar-refractivity contribution >= 4 is 40.2 Å². The molecule has 3 rings (SSSR count). The fraction of sp³-hybridized carbons (Fsp3) is 0.385. The van der Waals surface area contributed by atoms with Crippen molar-refractivity contribution in [1.29, 1.82) is 0 Å². The Hall–Kier alpha value is -1.50. The third-order valence-corrected chi connectivity index (χ3v) is 5.35. The molecule has 3 heterocycles. The fourth-order valence-electron chi connectivity index (χ4n) is 2.56. The van der Waals surface area contributed by atoms with Gasteiger partial charge in [0, 0.05) is 6.20 Å². The fourth-order valence-corrected chi connectivity index (χ4v) is 4.11. The van der Waals surface area contributed by atoms with Crippen molar-refractivity contribution in [1.82, 2.24) is 14.5 Å². The Morgan fingerprint density at radius 3 is 2.73 bits per heavy atom. The molecule has 1 aliphatic rings. The summed E-state index contributed by atoms with van der Waals surface area (Å²) in [6.07, 6.45) is 4.96. The highest BCUT2D eigenvalue weighted by atomic mass is 35.5. The maximum absolute atomic E-state index is 10.2. The smallest absolute Gasteiger partial charge is 0.226 e. The van der Waals surface area contributed by atoms with E-state index in [1.807, 2.05) is 0 Å². The molecule has 7 nitrogen and oxygen atoms in total. The van der Waals surface area contributed by atoms with Crippen molar-refractivity contribution < 1.29 is 15.3 Å². The largest absolute Gasteiger partial charge is 0.395 e. The van der Waals surface area contributed by atoms with E-state index in [2.05, 4.69) is 15.9 Å². The molecule has 0 spiro atoms. The van der Waals surface area contributed by atoms with Gasteiger partial charge in [0.2, 0.25) is 5.28 Å². The Labute approximate surface area is 135 Å². The number of aromatic nitrogens is 3. The van der Waals surface area contributed by atoms with Crippen molar-refractivity contribution in [3.63, 3.8) is 0 Å². The number of aliphatic hydroxyl groups is 3. The van der Waals surface area contributed by atoms with E-state index in [4.69, 9.17) is 23.8 Å². The molecule has 0 bridgehead atoms. The van der Waals surface area contributed by atoms with Crippen LogP contribution in [0.2, 0.25) is 5.28 Å². The Kier molecular flexibility index (Phi) is 3.92. The van der Waals surface area contributed by atoms with Gasteiger partial charge in [0.25, 0.3) is 0 Å². The summed E-state index contributed by atoms with van der Waals surface area (Å²) in [5, 5.41) is 28.8. The lowest BCUT2D eigenvalue weighted by molar-refractivity contribution is 0.0113. The zero-order valence-corrected chi connectivity index (χ0v) is 12.8. The van der Waals surface area contributed by atoms with E-state index in [1.54, 1.807) is 10.8 Å². The number of thioether (sulfide) groups is 1. The first-order valence-electron chi connectivity index (χ1n) is 6.40. The number of rotatable bonds is 2. The molecule has 22 heavy (non-hydrogen) atoms. The van der Waals surface area contributed by atoms with E-state index >= 15 is 0 Å². The van der Waals surface area contributed by atoms with Crippen molar-refractivity contribution in [3.05, 3.63) is 17.0 Å². The van der Waals surface area contributed by atoms with Crippen LogP contribution in [0.5, 0.6) is 0 Å². The van der Waals surface area contributed by atoms with E-state index in [0.717, 1.165) is 0 Å². The molecule has 0 radical (unpaired) electrons. The van der Waals surface area contributed by atoms with Crippen LogP contribution in [0.15, 0.2) is 6.20 Å². The number of hydrogen-bond acceptors (Lipinski definition) is 7. The molecular formula is C13H13ClN4O3S. The molecule has 1 fully saturated rings. The van der Waals surface area contributed by atoms with Crippen LogP contribution in [0.1, 0.15) is 10.9 Å². The minimum absolute atomic E-state index is 0.0373. The number of anilines is 1. The van der Waals surface area contributed by atoms with Gasteiger partial charge >= 0.3 is 0 Å². The molecule has 5 N–H and O–H groups in total. The van der Waals surface area contributed by atoms with Gasteiger partial charge in [-0.1, -0.05) is 5.92 Å². The lowest BCUT2D eigenvalue weighted by atomic mass is 10.1. The molecule has 0 aromatic carbocycles. The lowest BCUT2D eigenvalue weighted by Gasteiger charge is -2.17. The summed E-state index contributed by atoms with van der Waals surface area (Å²) >= 11 is 7.08. The zero-order valence-electron chi connectivity index (χ0n) is 11.2. The third kappa shape index (κ3) is 2.22. The van der Waals surface area contributed by atoms with Crippen LogP contribution in [-0.2, 0) is 0 Å². The van der Waals surface area contributed by atoms with Gasteiger partial charge in [-0.25, -0.2) is 4.98 Å². The first kappa shape index (κ1) is 15.4. The predicted octanol–water partition coefficient (Wildman–Crippen LogP) is -0.0237. The number of halogens is 1. The Balaban J connectivity index is 2.18. The van der Waals surface area contributed by atoms with Crippen LogP contribution in [-0.4, -0.2) is 53.9 Å². The molecule has 116 valence electrons. The molecule has 2 aromatic heterocycles. The Morgan fingerprint density at radius 2 is 2.14 bits per heavy atom. The second-order valence-corrected chi connectivity index (χ2v) is 6.60. The maximum atomic E-state index is 10.2. The van der Waals surface area contributed by atoms with Gasteiger partial charge in [0.1, 0.15) is 22.9 Å². The molecule has 1 saturated heterocycles. The first-order chi connectivity index (χ1) is 10.5. The number of nitrogens with two attached hydrogens (primary N) is 1. The average Bonchev–Trinajstić information content (AvgIpc) is 2.98. The van der Waals surface area contributed by atoms with Gasteiger partial charge in [0.15, 0.2) is 0 Å². The number of terminal acetylenes is 1. The number of nitrogens with zero attached hydrogens (tertiary/aromatic N) is 3. The highest BCUT2D eigenvalue weighted by Gasteiger charge is 2.43. The average molecular weight is 341 g/mol. The van der Waals surface area contributed by atoms with Crippen LogP contribution < -0.4 is 5.73 Å². The van der Waals surface area contributed by atoms with Crippen LogP contribution >= 0.6 is 23.4 Å². The molecule has 0 amide bonds. The Bertz CT molecular complexity index is 775. The molecule has 9 heteroatoms. The van der Waals surface area contributed by atoms with Crippen LogP contribution in [0.4, 0.5) is 5.82 Å². The predicted molar refractivity (Wildman–Crippen MR) is 84.4 cm³/mol. The standard InChI is InChI=1S/C13H13ClN4O3S/c1-2-5-3-18(11-7(5)10(15)16-13(14)17-11)12-9(21)8(20)6(4-19)22-12/h1,3,6,8-9,12,19-21H,4H2,(H2,15,16,17)/t6-,8?,9?,12-/m1/s1. The quantitative estimate of drug-likeness (QED) is 0.448. The van der Waals surface area contributed by atoms with Crippen LogP contribution in [0.25, 0.3) is 11.0 Å². The highest BCUT2D eigenvalue weighted by molar-refractivity contribution is 8.00. The summed E-state index contributed by atoms with van der Waals surface area (Å²) < 4.78 is 1.61. The van der Waals surface area contributed by atoms with Crippen molar-refractivity contribution in [2.24, 2.45) is 0 Å². The Morgan fingerprint density at radius 1 is 1.41 bits per heavy atom. The summed E-state index contributed by atoms with van der Waals surface area (Å²) in [6.45, 7) is -0.252. The van der Waals surface area contributed by atoms with Crippen molar-refractivity contribution in [3.8, 4) is 12.3 Å². The molecule has 4 atom stereocenters. The van der Waals surface area contributed by atoms with Gasteiger partial charge in [-0.2, -0.15) is 4.98 Å². The van der Waals surface area contributed by atoms with E-state index in [-0.39, 0.29) is 17.7 Å². The number of fused-ring (bicyclic) bond motifs is 1. The summed E-state index contributed by atoms with van der Waals surface area (Å²) in [7, 11) is 0. The van der Waals surface area contributed by atoms with Gasteiger partial charge < -0.3 is 25.6 Å². The molecular weight excluding hydrogens is 328 g/mol. The van der Waals surface area contributed by atoms with E-state index < -0.39 is 22.8 Å². The second-order valence-electron chi connectivity index (χ2n) is 4.90. The second kappa shape index (κ2) is 5.61. The lowest BCUT2D eigenvalue weighted by Crippen LogP contribution is -2.32. The first-order valence-corrected chi connectivity index (χ1v) is 7.72. The molecule has 1 aliphatic heterocycles. The molecule has 0 aliphatic carbocycles.